The number of ether oxygens (including phenoxy) is 1. The predicted molar refractivity (Wildman–Crippen MR) is 85.1 cm³/mol. The third kappa shape index (κ3) is 5.01. The van der Waals surface area contributed by atoms with Gasteiger partial charge in [-0.15, -0.1) is 0 Å². The molecule has 1 aliphatic heterocycles. The van der Waals surface area contributed by atoms with Crippen LogP contribution in [0.5, 0.6) is 0 Å². The van der Waals surface area contributed by atoms with E-state index in [2.05, 4.69) is 24.1 Å². The Bertz CT molecular complexity index is 262. The van der Waals surface area contributed by atoms with Crippen molar-refractivity contribution in [3.05, 3.63) is 0 Å². The van der Waals surface area contributed by atoms with E-state index < -0.39 is 0 Å². The summed E-state index contributed by atoms with van der Waals surface area (Å²) in [5.74, 6) is 0. The van der Waals surface area contributed by atoms with E-state index in [0.717, 1.165) is 19.7 Å². The zero-order chi connectivity index (χ0) is 14.3. The first kappa shape index (κ1) is 16.3. The van der Waals surface area contributed by atoms with Crippen LogP contribution in [0.2, 0.25) is 0 Å². The molecule has 1 saturated carbocycles. The Morgan fingerprint density at radius 1 is 1.15 bits per heavy atom. The zero-order valence-electron chi connectivity index (χ0n) is 13.6. The molecule has 118 valence electrons. The topological polar surface area (TPSA) is 24.5 Å². The van der Waals surface area contributed by atoms with Crippen molar-refractivity contribution in [3.63, 3.8) is 0 Å². The van der Waals surface area contributed by atoms with E-state index in [1.54, 1.807) is 0 Å². The normalized spacial score (nSPS) is 28.8. The number of nitrogens with one attached hydrogen (secondary N) is 1. The molecule has 0 radical (unpaired) electrons. The van der Waals surface area contributed by atoms with Crippen LogP contribution in [-0.4, -0.2) is 50.3 Å². The lowest BCUT2D eigenvalue weighted by Gasteiger charge is -2.38. The Hall–Kier alpha value is -0.120. The van der Waals surface area contributed by atoms with Crippen LogP contribution in [0.1, 0.15) is 58.8 Å². The fourth-order valence-electron chi connectivity index (χ4n) is 3.96. The fourth-order valence-corrected chi connectivity index (χ4v) is 3.96. The maximum absolute atomic E-state index is 5.80. The van der Waals surface area contributed by atoms with E-state index in [-0.39, 0.29) is 0 Å². The van der Waals surface area contributed by atoms with E-state index in [1.165, 1.54) is 64.6 Å². The van der Waals surface area contributed by atoms with Crippen molar-refractivity contribution in [1.29, 1.82) is 0 Å². The quantitative estimate of drug-likeness (QED) is 0.784. The molecule has 1 aliphatic carbocycles. The Morgan fingerprint density at radius 2 is 1.90 bits per heavy atom. The number of hydrogen-bond donors (Lipinski definition) is 1. The van der Waals surface area contributed by atoms with Crippen LogP contribution in [0.3, 0.4) is 0 Å². The summed E-state index contributed by atoms with van der Waals surface area (Å²) in [6, 6.07) is 0. The zero-order valence-corrected chi connectivity index (χ0v) is 13.6. The van der Waals surface area contributed by atoms with E-state index >= 15 is 0 Å². The first-order valence-electron chi connectivity index (χ1n) is 8.79. The van der Waals surface area contributed by atoms with Gasteiger partial charge in [-0.3, -0.25) is 0 Å². The van der Waals surface area contributed by atoms with Gasteiger partial charge in [-0.25, -0.2) is 0 Å². The van der Waals surface area contributed by atoms with Crippen LogP contribution in [0, 0.1) is 5.41 Å². The highest BCUT2D eigenvalue weighted by Crippen LogP contribution is 2.35. The van der Waals surface area contributed by atoms with Gasteiger partial charge in [-0.05, 0) is 38.1 Å². The summed E-state index contributed by atoms with van der Waals surface area (Å²) < 4.78 is 5.80. The summed E-state index contributed by atoms with van der Waals surface area (Å²) in [5.41, 5.74) is 0.510. The highest BCUT2D eigenvalue weighted by molar-refractivity contribution is 4.87. The Kier molecular flexibility index (Phi) is 6.79. The second kappa shape index (κ2) is 8.35. The molecule has 0 aromatic carbocycles. The second-order valence-electron chi connectivity index (χ2n) is 6.96. The molecule has 1 atom stereocenters. The first-order valence-corrected chi connectivity index (χ1v) is 8.79. The standard InChI is InChI=1S/C17H34N2O/c1-3-18-14-17(9-6-4-5-7-10-17)15-19-11-8-12-20-16(2)13-19/h16,18H,3-15H2,1-2H3. The molecule has 0 aromatic rings. The lowest BCUT2D eigenvalue weighted by atomic mass is 9.79. The van der Waals surface area contributed by atoms with Crippen LogP contribution < -0.4 is 5.32 Å². The molecule has 1 saturated heterocycles. The minimum absolute atomic E-state index is 0.402. The lowest BCUT2D eigenvalue weighted by molar-refractivity contribution is 0.0562. The minimum Gasteiger partial charge on any atom is -0.377 e. The van der Waals surface area contributed by atoms with Gasteiger partial charge in [0.25, 0.3) is 0 Å². The summed E-state index contributed by atoms with van der Waals surface area (Å²) in [4.78, 5) is 2.68. The third-order valence-corrected chi connectivity index (χ3v) is 5.01. The van der Waals surface area contributed by atoms with Crippen molar-refractivity contribution < 1.29 is 4.74 Å². The molecule has 0 aromatic heterocycles. The van der Waals surface area contributed by atoms with Crippen LogP contribution >= 0.6 is 0 Å². The minimum atomic E-state index is 0.402. The van der Waals surface area contributed by atoms with Crippen LogP contribution in [0.15, 0.2) is 0 Å². The molecule has 2 fully saturated rings. The fraction of sp³-hybridized carbons (Fsp3) is 1.00. The first-order chi connectivity index (χ1) is 9.74. The average Bonchev–Trinajstić information content (AvgIpc) is 2.78. The number of nitrogens with zero attached hydrogens (tertiary/aromatic N) is 1. The third-order valence-electron chi connectivity index (χ3n) is 5.01. The van der Waals surface area contributed by atoms with Gasteiger partial charge in [0.05, 0.1) is 6.10 Å². The molecule has 20 heavy (non-hydrogen) atoms. The van der Waals surface area contributed by atoms with E-state index in [0.29, 0.717) is 11.5 Å². The van der Waals surface area contributed by atoms with Crippen molar-refractivity contribution >= 4 is 0 Å². The van der Waals surface area contributed by atoms with Gasteiger partial charge in [-0.2, -0.15) is 0 Å². The van der Waals surface area contributed by atoms with Crippen LogP contribution in [-0.2, 0) is 4.74 Å². The smallest absolute Gasteiger partial charge is 0.0673 e. The summed E-state index contributed by atoms with van der Waals surface area (Å²) in [6.45, 7) is 11.3. The Labute approximate surface area is 125 Å². The summed E-state index contributed by atoms with van der Waals surface area (Å²) in [6.07, 6.45) is 10.1. The van der Waals surface area contributed by atoms with Crippen LogP contribution in [0.4, 0.5) is 0 Å². The SMILES string of the molecule is CCNCC1(CN2CCCOC(C)C2)CCCCCC1. The molecule has 2 rings (SSSR count). The van der Waals surface area contributed by atoms with Gasteiger partial charge in [0.15, 0.2) is 0 Å². The highest BCUT2D eigenvalue weighted by Gasteiger charge is 2.33. The largest absolute Gasteiger partial charge is 0.377 e. The molecule has 0 spiro atoms. The van der Waals surface area contributed by atoms with Gasteiger partial charge < -0.3 is 15.0 Å². The summed E-state index contributed by atoms with van der Waals surface area (Å²) >= 11 is 0. The predicted octanol–water partition coefficient (Wildman–Crippen LogP) is 3.05. The summed E-state index contributed by atoms with van der Waals surface area (Å²) in [5, 5.41) is 3.65. The van der Waals surface area contributed by atoms with Crippen molar-refractivity contribution in [1.82, 2.24) is 10.2 Å². The van der Waals surface area contributed by atoms with E-state index in [4.69, 9.17) is 4.74 Å². The van der Waals surface area contributed by atoms with Crippen molar-refractivity contribution in [2.45, 2.75) is 64.9 Å². The average molecular weight is 282 g/mol. The van der Waals surface area contributed by atoms with Crippen LogP contribution in [0.25, 0.3) is 0 Å². The molecule has 2 aliphatic rings. The molecule has 1 heterocycles. The number of hydrogen-bond acceptors (Lipinski definition) is 3. The van der Waals surface area contributed by atoms with Gasteiger partial charge >= 0.3 is 0 Å². The lowest BCUT2D eigenvalue weighted by Crippen LogP contribution is -2.45. The molecule has 1 unspecified atom stereocenters. The Morgan fingerprint density at radius 3 is 2.60 bits per heavy atom. The van der Waals surface area contributed by atoms with Crippen molar-refractivity contribution in [2.24, 2.45) is 5.41 Å². The maximum atomic E-state index is 5.80. The van der Waals surface area contributed by atoms with Crippen molar-refractivity contribution in [3.8, 4) is 0 Å². The van der Waals surface area contributed by atoms with Gasteiger partial charge in [0.1, 0.15) is 0 Å². The molecular formula is C17H34N2O. The molecule has 3 heteroatoms. The molecule has 0 amide bonds. The van der Waals surface area contributed by atoms with Gasteiger partial charge in [0, 0.05) is 32.8 Å². The summed E-state index contributed by atoms with van der Waals surface area (Å²) in [7, 11) is 0. The van der Waals surface area contributed by atoms with Gasteiger partial charge in [0.2, 0.25) is 0 Å². The van der Waals surface area contributed by atoms with E-state index in [9.17, 15) is 0 Å². The molecule has 1 N–H and O–H groups in total. The second-order valence-corrected chi connectivity index (χ2v) is 6.96. The maximum Gasteiger partial charge on any atom is 0.0673 e. The molecule has 0 bridgehead atoms. The van der Waals surface area contributed by atoms with Gasteiger partial charge in [-0.1, -0.05) is 32.6 Å². The Balaban J connectivity index is 1.97. The molecular weight excluding hydrogens is 248 g/mol. The molecule has 3 nitrogen and oxygen atoms in total. The number of rotatable bonds is 5. The van der Waals surface area contributed by atoms with Crippen molar-refractivity contribution in [2.75, 3.05) is 39.3 Å². The van der Waals surface area contributed by atoms with E-state index in [1.807, 2.05) is 0 Å². The highest BCUT2D eigenvalue weighted by atomic mass is 16.5. The monoisotopic (exact) mass is 282 g/mol.